The molecule has 1 heterocycles. The zero-order valence-corrected chi connectivity index (χ0v) is 11.8. The van der Waals surface area contributed by atoms with Gasteiger partial charge in [0, 0.05) is 20.2 Å². The van der Waals surface area contributed by atoms with Gasteiger partial charge in [-0.3, -0.25) is 4.79 Å². The molecule has 17 heavy (non-hydrogen) atoms. The number of thioether (sulfide) groups is 1. The van der Waals surface area contributed by atoms with Gasteiger partial charge in [-0.05, 0) is 30.8 Å². The van der Waals surface area contributed by atoms with Gasteiger partial charge >= 0.3 is 0 Å². The number of nitrogens with two attached hydrogens (primary N) is 1. The minimum absolute atomic E-state index is 0.0769. The van der Waals surface area contributed by atoms with Crippen molar-refractivity contribution in [2.24, 2.45) is 11.7 Å². The van der Waals surface area contributed by atoms with Crippen LogP contribution < -0.4 is 5.73 Å². The maximum Gasteiger partial charge on any atom is 0.239 e. The molecule has 0 radical (unpaired) electrons. The first-order valence-corrected chi connectivity index (χ1v) is 7.55. The number of carbonyl (C=O) groups is 1. The molecule has 0 aromatic heterocycles. The van der Waals surface area contributed by atoms with Crippen LogP contribution in [0.25, 0.3) is 0 Å². The second kappa shape index (κ2) is 7.24. The smallest absolute Gasteiger partial charge is 0.239 e. The summed E-state index contributed by atoms with van der Waals surface area (Å²) >= 11 is 1.72. The van der Waals surface area contributed by atoms with Crippen molar-refractivity contribution in [3.63, 3.8) is 0 Å². The molecule has 1 aliphatic heterocycles. The number of carbonyl (C=O) groups excluding carboxylic acids is 1. The molecule has 0 saturated carbocycles. The molecular formula is C12H24N2O2S. The van der Waals surface area contributed by atoms with Crippen LogP contribution in [0.1, 0.15) is 19.8 Å². The largest absolute Gasteiger partial charge is 0.379 e. The predicted octanol–water partition coefficient (Wildman–Crippen LogP) is 0.950. The van der Waals surface area contributed by atoms with Crippen LogP contribution in [0.5, 0.6) is 0 Å². The fourth-order valence-corrected chi connectivity index (χ4v) is 2.63. The Bertz CT molecular complexity index is 251. The standard InChI is InChI=1S/C12H24N2O2S/c1-9-4-6-14(8-11(9)16-2)12(15)10(13)5-7-17-3/h9-11H,4-8,13H2,1-3H3/t9?,10-,11?/m1/s1. The number of methoxy groups -OCH3 is 1. The third-order valence-corrected chi connectivity index (χ3v) is 4.10. The lowest BCUT2D eigenvalue weighted by Gasteiger charge is -2.37. The molecule has 4 nitrogen and oxygen atoms in total. The Morgan fingerprint density at radius 2 is 2.35 bits per heavy atom. The number of hydrogen-bond acceptors (Lipinski definition) is 4. The summed E-state index contributed by atoms with van der Waals surface area (Å²) in [7, 11) is 1.71. The van der Waals surface area contributed by atoms with Crippen LogP contribution >= 0.6 is 11.8 Å². The normalized spacial score (nSPS) is 26.9. The number of piperidine rings is 1. The molecule has 0 bridgehead atoms. The molecular weight excluding hydrogens is 236 g/mol. The van der Waals surface area contributed by atoms with Crippen molar-refractivity contribution >= 4 is 17.7 Å². The first kappa shape index (κ1) is 14.8. The van der Waals surface area contributed by atoms with E-state index in [1.807, 2.05) is 11.2 Å². The second-order valence-corrected chi connectivity index (χ2v) is 5.70. The fourth-order valence-electron chi connectivity index (χ4n) is 2.14. The Morgan fingerprint density at radius 3 is 2.94 bits per heavy atom. The highest BCUT2D eigenvalue weighted by molar-refractivity contribution is 7.98. The number of nitrogens with zero attached hydrogens (tertiary/aromatic N) is 1. The van der Waals surface area contributed by atoms with Gasteiger partial charge in [0.05, 0.1) is 12.1 Å². The van der Waals surface area contributed by atoms with E-state index in [4.69, 9.17) is 10.5 Å². The molecule has 1 rings (SSSR count). The van der Waals surface area contributed by atoms with Gasteiger partial charge in [0.15, 0.2) is 0 Å². The van der Waals surface area contributed by atoms with Crippen LogP contribution in [0.3, 0.4) is 0 Å². The molecule has 3 atom stereocenters. The third kappa shape index (κ3) is 4.16. The first-order chi connectivity index (χ1) is 8.10. The number of likely N-dealkylation sites (tertiary alicyclic amines) is 1. The minimum Gasteiger partial charge on any atom is -0.379 e. The molecule has 0 spiro atoms. The average molecular weight is 260 g/mol. The number of rotatable bonds is 5. The van der Waals surface area contributed by atoms with Gasteiger partial charge < -0.3 is 15.4 Å². The van der Waals surface area contributed by atoms with Gasteiger partial charge in [-0.1, -0.05) is 6.92 Å². The molecule has 2 unspecified atom stereocenters. The lowest BCUT2D eigenvalue weighted by Crippen LogP contribution is -2.52. The number of hydrogen-bond donors (Lipinski definition) is 1. The van der Waals surface area contributed by atoms with Crippen LogP contribution in [0.2, 0.25) is 0 Å². The Kier molecular flexibility index (Phi) is 6.30. The van der Waals surface area contributed by atoms with Crippen molar-refractivity contribution < 1.29 is 9.53 Å². The molecule has 1 saturated heterocycles. The van der Waals surface area contributed by atoms with Crippen LogP contribution in [0.4, 0.5) is 0 Å². The van der Waals surface area contributed by atoms with Gasteiger partial charge in [-0.25, -0.2) is 0 Å². The quantitative estimate of drug-likeness (QED) is 0.799. The minimum atomic E-state index is -0.353. The van der Waals surface area contributed by atoms with Crippen molar-refractivity contribution in [2.45, 2.75) is 31.9 Å². The Hall–Kier alpha value is -0.260. The predicted molar refractivity (Wildman–Crippen MR) is 72.1 cm³/mol. The zero-order valence-electron chi connectivity index (χ0n) is 11.0. The zero-order chi connectivity index (χ0) is 12.8. The molecule has 0 aromatic carbocycles. The van der Waals surface area contributed by atoms with E-state index in [0.717, 1.165) is 25.1 Å². The number of amides is 1. The van der Waals surface area contributed by atoms with Crippen molar-refractivity contribution in [3.05, 3.63) is 0 Å². The van der Waals surface area contributed by atoms with Crippen molar-refractivity contribution in [1.82, 2.24) is 4.90 Å². The summed E-state index contributed by atoms with van der Waals surface area (Å²) in [4.78, 5) is 14.0. The van der Waals surface area contributed by atoms with Crippen molar-refractivity contribution in [2.75, 3.05) is 32.2 Å². The molecule has 5 heteroatoms. The molecule has 1 amide bonds. The number of ether oxygens (including phenoxy) is 1. The van der Waals surface area contributed by atoms with E-state index in [2.05, 4.69) is 6.92 Å². The SMILES string of the molecule is COC1CN(C(=O)[C@H](N)CCSC)CCC1C. The van der Waals surface area contributed by atoms with Crippen LogP contribution in [-0.2, 0) is 9.53 Å². The summed E-state index contributed by atoms with van der Waals surface area (Å²) in [6.45, 7) is 3.67. The maximum atomic E-state index is 12.1. The summed E-state index contributed by atoms with van der Waals surface area (Å²) < 4.78 is 5.41. The topological polar surface area (TPSA) is 55.6 Å². The van der Waals surface area contributed by atoms with Gasteiger partial charge in [0.25, 0.3) is 0 Å². The lowest BCUT2D eigenvalue weighted by atomic mass is 9.95. The van der Waals surface area contributed by atoms with Gasteiger partial charge in [-0.2, -0.15) is 11.8 Å². The Balaban J connectivity index is 2.46. The van der Waals surface area contributed by atoms with E-state index in [1.165, 1.54) is 0 Å². The van der Waals surface area contributed by atoms with Crippen LogP contribution in [0.15, 0.2) is 0 Å². The first-order valence-electron chi connectivity index (χ1n) is 6.16. The molecule has 0 aromatic rings. The van der Waals surface area contributed by atoms with E-state index in [-0.39, 0.29) is 18.1 Å². The Labute approximate surface area is 108 Å². The average Bonchev–Trinajstić information content (AvgIpc) is 2.35. The molecule has 2 N–H and O–H groups in total. The molecule has 1 fully saturated rings. The lowest BCUT2D eigenvalue weighted by molar-refractivity contribution is -0.137. The van der Waals surface area contributed by atoms with Crippen LogP contribution in [-0.4, -0.2) is 55.2 Å². The molecule has 1 aliphatic rings. The van der Waals surface area contributed by atoms with E-state index in [9.17, 15) is 4.79 Å². The second-order valence-electron chi connectivity index (χ2n) is 4.71. The maximum absolute atomic E-state index is 12.1. The summed E-state index contributed by atoms with van der Waals surface area (Å²) in [5, 5.41) is 0. The Morgan fingerprint density at radius 1 is 1.65 bits per heavy atom. The fraction of sp³-hybridized carbons (Fsp3) is 0.917. The highest BCUT2D eigenvalue weighted by Gasteiger charge is 2.30. The van der Waals surface area contributed by atoms with Gasteiger partial charge in [0.2, 0.25) is 5.91 Å². The van der Waals surface area contributed by atoms with Crippen LogP contribution in [0, 0.1) is 5.92 Å². The molecule has 0 aliphatic carbocycles. The monoisotopic (exact) mass is 260 g/mol. The summed E-state index contributed by atoms with van der Waals surface area (Å²) in [5.74, 6) is 1.53. The van der Waals surface area contributed by atoms with E-state index in [1.54, 1.807) is 18.9 Å². The summed E-state index contributed by atoms with van der Waals surface area (Å²) in [6.07, 6.45) is 3.93. The van der Waals surface area contributed by atoms with Gasteiger partial charge in [0.1, 0.15) is 0 Å². The molecule has 100 valence electrons. The summed E-state index contributed by atoms with van der Waals surface area (Å²) in [6, 6.07) is -0.353. The highest BCUT2D eigenvalue weighted by atomic mass is 32.2. The highest BCUT2D eigenvalue weighted by Crippen LogP contribution is 2.20. The van der Waals surface area contributed by atoms with E-state index < -0.39 is 0 Å². The third-order valence-electron chi connectivity index (χ3n) is 3.45. The van der Waals surface area contributed by atoms with Crippen molar-refractivity contribution in [1.29, 1.82) is 0 Å². The van der Waals surface area contributed by atoms with Crippen molar-refractivity contribution in [3.8, 4) is 0 Å². The summed E-state index contributed by atoms with van der Waals surface area (Å²) in [5.41, 5.74) is 5.91. The van der Waals surface area contributed by atoms with E-state index in [0.29, 0.717) is 12.5 Å². The van der Waals surface area contributed by atoms with Gasteiger partial charge in [-0.15, -0.1) is 0 Å². The van der Waals surface area contributed by atoms with E-state index >= 15 is 0 Å².